The van der Waals surface area contributed by atoms with Crippen LogP contribution in [-0.2, 0) is 18.4 Å². The summed E-state index contributed by atoms with van der Waals surface area (Å²) >= 11 is 0. The van der Waals surface area contributed by atoms with E-state index in [-0.39, 0.29) is 19.1 Å². The molecular weight excluding hydrogens is 707 g/mol. The Bertz CT molecular complexity index is 870. The topological polar surface area (TPSA) is 105 Å². The summed E-state index contributed by atoms with van der Waals surface area (Å²) in [4.78, 5) is 23.1. The van der Waals surface area contributed by atoms with Crippen LogP contribution in [0.5, 0.6) is 0 Å². The zero-order chi connectivity index (χ0) is 40.7. The molecule has 0 aromatic carbocycles. The van der Waals surface area contributed by atoms with Crippen molar-refractivity contribution in [1.29, 1.82) is 0 Å². The summed E-state index contributed by atoms with van der Waals surface area (Å²) in [6, 6.07) is -0.752. The van der Waals surface area contributed by atoms with E-state index in [1.165, 1.54) is 173 Å². The molecule has 8 nitrogen and oxygen atoms in total. The molecule has 3 unspecified atom stereocenters. The van der Waals surface area contributed by atoms with Gasteiger partial charge in [-0.05, 0) is 12.8 Å². The maximum Gasteiger partial charge on any atom is 0.472 e. The molecule has 0 bridgehead atoms. The van der Waals surface area contributed by atoms with Crippen LogP contribution in [0.3, 0.4) is 0 Å². The van der Waals surface area contributed by atoms with Crippen molar-refractivity contribution in [1.82, 2.24) is 5.32 Å². The summed E-state index contributed by atoms with van der Waals surface area (Å²) in [6.45, 7) is 4.90. The molecule has 0 aromatic heterocycles. The summed E-state index contributed by atoms with van der Waals surface area (Å²) in [7, 11) is 1.63. The van der Waals surface area contributed by atoms with Gasteiger partial charge in [0, 0.05) is 6.42 Å². The number of unbranched alkanes of at least 4 members (excludes halogenated alkanes) is 31. The maximum atomic E-state index is 12.9. The Morgan fingerprint density at radius 2 is 0.873 bits per heavy atom. The van der Waals surface area contributed by atoms with Crippen LogP contribution in [0, 0.1) is 0 Å². The highest BCUT2D eigenvalue weighted by atomic mass is 31.2. The minimum Gasteiger partial charge on any atom is -0.391 e. The number of phosphoric acid groups is 1. The van der Waals surface area contributed by atoms with Crippen molar-refractivity contribution in [2.24, 2.45) is 0 Å². The van der Waals surface area contributed by atoms with Crippen LogP contribution in [-0.4, -0.2) is 73.4 Å². The van der Waals surface area contributed by atoms with Gasteiger partial charge in [-0.3, -0.25) is 13.8 Å². The van der Waals surface area contributed by atoms with Gasteiger partial charge in [0.15, 0.2) is 0 Å². The van der Waals surface area contributed by atoms with Gasteiger partial charge in [-0.25, -0.2) is 4.57 Å². The van der Waals surface area contributed by atoms with Gasteiger partial charge in [-0.1, -0.05) is 219 Å². The van der Waals surface area contributed by atoms with Crippen molar-refractivity contribution in [2.75, 3.05) is 40.9 Å². The van der Waals surface area contributed by atoms with Crippen molar-refractivity contribution in [3.05, 3.63) is 0 Å². The van der Waals surface area contributed by atoms with E-state index in [1.807, 2.05) is 21.1 Å². The van der Waals surface area contributed by atoms with E-state index < -0.39 is 20.0 Å². The Morgan fingerprint density at radius 1 is 0.545 bits per heavy atom. The first-order valence-electron chi connectivity index (χ1n) is 23.9. The number of nitrogens with zero attached hydrogens (tertiary/aromatic N) is 1. The molecular formula is C46H96N2O6P+. The minimum absolute atomic E-state index is 0.0786. The smallest absolute Gasteiger partial charge is 0.391 e. The second-order valence-electron chi connectivity index (χ2n) is 17.9. The molecule has 0 rings (SSSR count). The van der Waals surface area contributed by atoms with Gasteiger partial charge in [0.1, 0.15) is 13.2 Å². The van der Waals surface area contributed by atoms with E-state index in [2.05, 4.69) is 19.2 Å². The number of quaternary nitrogens is 1. The van der Waals surface area contributed by atoms with E-state index in [0.29, 0.717) is 23.9 Å². The van der Waals surface area contributed by atoms with E-state index >= 15 is 0 Å². The highest BCUT2D eigenvalue weighted by Crippen LogP contribution is 2.43. The fraction of sp³-hybridized carbons (Fsp3) is 0.978. The van der Waals surface area contributed by atoms with Crippen LogP contribution in [0.25, 0.3) is 0 Å². The highest BCUT2D eigenvalue weighted by molar-refractivity contribution is 7.47. The zero-order valence-corrected chi connectivity index (χ0v) is 38.3. The Hall–Kier alpha value is -0.500. The van der Waals surface area contributed by atoms with E-state index in [1.54, 1.807) is 0 Å². The number of carbonyl (C=O) groups excluding carboxylic acids is 1. The van der Waals surface area contributed by atoms with Crippen LogP contribution in [0.4, 0.5) is 0 Å². The van der Waals surface area contributed by atoms with Crippen molar-refractivity contribution in [3.63, 3.8) is 0 Å². The standard InChI is InChI=1S/C46H95N2O6P/c1-6-8-10-12-14-16-18-19-20-21-22-23-24-25-26-27-28-30-31-33-35-37-39-45(49)44(43-54-55(51,52)53-42-41-48(3,4)5)47-46(50)40-38-36-34-32-29-17-15-13-11-9-7-2/h44-45,49H,6-43H2,1-5H3,(H-,47,50,51,52)/p+1. The van der Waals surface area contributed by atoms with Crippen molar-refractivity contribution >= 4 is 13.7 Å². The van der Waals surface area contributed by atoms with Crippen molar-refractivity contribution in [2.45, 2.75) is 251 Å². The number of hydrogen-bond donors (Lipinski definition) is 3. The van der Waals surface area contributed by atoms with Crippen molar-refractivity contribution in [3.8, 4) is 0 Å². The molecule has 0 radical (unpaired) electrons. The molecule has 0 saturated carbocycles. The number of hydrogen-bond acceptors (Lipinski definition) is 5. The number of carbonyl (C=O) groups is 1. The van der Waals surface area contributed by atoms with Gasteiger partial charge in [0.05, 0.1) is 39.9 Å². The number of nitrogens with one attached hydrogen (secondary N) is 1. The monoisotopic (exact) mass is 804 g/mol. The van der Waals surface area contributed by atoms with Crippen LogP contribution in [0.15, 0.2) is 0 Å². The third kappa shape index (κ3) is 41.5. The molecule has 9 heteroatoms. The van der Waals surface area contributed by atoms with E-state index in [9.17, 15) is 19.4 Å². The van der Waals surface area contributed by atoms with Gasteiger partial charge >= 0.3 is 7.82 Å². The van der Waals surface area contributed by atoms with Gasteiger partial charge in [-0.2, -0.15) is 0 Å². The van der Waals surface area contributed by atoms with Crippen molar-refractivity contribution < 1.29 is 32.9 Å². The highest BCUT2D eigenvalue weighted by Gasteiger charge is 2.28. The quantitative estimate of drug-likeness (QED) is 0.0322. The molecule has 0 saturated heterocycles. The van der Waals surface area contributed by atoms with Crippen LogP contribution >= 0.6 is 7.82 Å². The molecule has 55 heavy (non-hydrogen) atoms. The first-order chi connectivity index (χ1) is 26.5. The number of amides is 1. The Labute approximate surface area is 342 Å². The van der Waals surface area contributed by atoms with Gasteiger partial charge in [-0.15, -0.1) is 0 Å². The minimum atomic E-state index is -4.31. The Balaban J connectivity index is 4.19. The Morgan fingerprint density at radius 3 is 1.22 bits per heavy atom. The van der Waals surface area contributed by atoms with Gasteiger partial charge in [0.2, 0.25) is 5.91 Å². The molecule has 330 valence electrons. The summed E-state index contributed by atoms with van der Waals surface area (Å²) in [5, 5.41) is 14.0. The lowest BCUT2D eigenvalue weighted by Crippen LogP contribution is -2.46. The lowest BCUT2D eigenvalue weighted by Gasteiger charge is -2.26. The fourth-order valence-electron chi connectivity index (χ4n) is 7.28. The maximum absolute atomic E-state index is 12.9. The molecule has 3 N–H and O–H groups in total. The summed E-state index contributed by atoms with van der Waals surface area (Å²) in [6.07, 6.45) is 42.8. The molecule has 0 aliphatic rings. The zero-order valence-electron chi connectivity index (χ0n) is 37.4. The van der Waals surface area contributed by atoms with Crippen LogP contribution in [0.1, 0.15) is 239 Å². The molecule has 0 heterocycles. The third-order valence-corrected chi connectivity index (χ3v) is 12.1. The lowest BCUT2D eigenvalue weighted by atomic mass is 10.0. The van der Waals surface area contributed by atoms with E-state index in [0.717, 1.165) is 38.5 Å². The number of aliphatic hydroxyl groups excluding tert-OH is 1. The summed E-state index contributed by atoms with van der Waals surface area (Å²) in [5.41, 5.74) is 0. The molecule has 3 atom stereocenters. The summed E-state index contributed by atoms with van der Waals surface area (Å²) in [5.74, 6) is -0.142. The average molecular weight is 804 g/mol. The molecule has 0 aliphatic heterocycles. The van der Waals surface area contributed by atoms with Crippen LogP contribution in [0.2, 0.25) is 0 Å². The Kier molecular flexibility index (Phi) is 38.6. The number of rotatable bonds is 44. The molecule has 0 aromatic rings. The fourth-order valence-corrected chi connectivity index (χ4v) is 8.02. The largest absolute Gasteiger partial charge is 0.472 e. The first kappa shape index (κ1) is 54.5. The van der Waals surface area contributed by atoms with Gasteiger partial charge in [0.25, 0.3) is 0 Å². The predicted molar refractivity (Wildman–Crippen MR) is 236 cm³/mol. The summed E-state index contributed by atoms with van der Waals surface area (Å²) < 4.78 is 23.6. The second kappa shape index (κ2) is 39.0. The predicted octanol–water partition coefficient (Wildman–Crippen LogP) is 13.4. The molecule has 0 spiro atoms. The molecule has 0 fully saturated rings. The average Bonchev–Trinajstić information content (AvgIpc) is 3.13. The lowest BCUT2D eigenvalue weighted by molar-refractivity contribution is -0.870. The SMILES string of the molecule is CCCCCCCCCCCCCCCCCCCCCCCCC(O)C(COP(=O)(O)OCC[N+](C)(C)C)NC(=O)CCCCCCCCCCCCC. The number of likely N-dealkylation sites (N-methyl/N-ethyl adjacent to an activating group) is 1. The van der Waals surface area contributed by atoms with Crippen LogP contribution < -0.4 is 5.32 Å². The normalized spacial score (nSPS) is 14.2. The molecule has 0 aliphatic carbocycles. The van der Waals surface area contributed by atoms with Gasteiger partial charge < -0.3 is 19.8 Å². The van der Waals surface area contributed by atoms with E-state index in [4.69, 9.17) is 9.05 Å². The first-order valence-corrected chi connectivity index (χ1v) is 25.4. The number of phosphoric ester groups is 1. The third-order valence-electron chi connectivity index (χ3n) is 11.1. The second-order valence-corrected chi connectivity index (χ2v) is 19.3. The number of aliphatic hydroxyl groups is 1. The molecule has 1 amide bonds.